The van der Waals surface area contributed by atoms with Crippen molar-refractivity contribution < 1.29 is 4.79 Å². The molecule has 110 valence electrons. The van der Waals surface area contributed by atoms with Crippen molar-refractivity contribution in [2.75, 3.05) is 26.2 Å². The van der Waals surface area contributed by atoms with E-state index < -0.39 is 0 Å². The van der Waals surface area contributed by atoms with E-state index in [1.165, 1.54) is 11.3 Å². The van der Waals surface area contributed by atoms with E-state index in [1.54, 1.807) is 6.07 Å². The van der Waals surface area contributed by atoms with Crippen LogP contribution in [0.4, 0.5) is 0 Å². The van der Waals surface area contributed by atoms with Gasteiger partial charge in [-0.15, -0.1) is 11.3 Å². The van der Waals surface area contributed by atoms with Crippen LogP contribution in [-0.2, 0) is 0 Å². The minimum Gasteiger partial charge on any atom is -0.392 e. The summed E-state index contributed by atoms with van der Waals surface area (Å²) in [5, 5.41) is 2.37. The zero-order chi connectivity index (χ0) is 14.9. The molecule has 2 N–H and O–H groups in total. The number of nitrogens with two attached hydrogens (primary N) is 1. The predicted molar refractivity (Wildman–Crippen MR) is 87.7 cm³/mol. The zero-order valence-corrected chi connectivity index (χ0v) is 13.9. The number of piperazine rings is 1. The van der Waals surface area contributed by atoms with Crippen LogP contribution in [0.5, 0.6) is 0 Å². The van der Waals surface area contributed by atoms with Crippen LogP contribution in [0.25, 0.3) is 0 Å². The number of rotatable bonds is 3. The summed E-state index contributed by atoms with van der Waals surface area (Å²) in [5.41, 5.74) is 5.47. The molecule has 7 heteroatoms. The Labute approximate surface area is 133 Å². The Morgan fingerprint density at radius 2 is 2.00 bits per heavy atom. The number of thiophene rings is 1. The Kier molecular flexibility index (Phi) is 4.69. The smallest absolute Gasteiger partial charge is 0.265 e. The van der Waals surface area contributed by atoms with Crippen LogP contribution in [0.3, 0.4) is 0 Å². The van der Waals surface area contributed by atoms with Crippen LogP contribution in [0, 0.1) is 0 Å². The van der Waals surface area contributed by atoms with Gasteiger partial charge in [-0.25, -0.2) is 0 Å². The lowest BCUT2D eigenvalue weighted by atomic mass is 10.0. The molecule has 0 bridgehead atoms. The largest absolute Gasteiger partial charge is 0.392 e. The van der Waals surface area contributed by atoms with Crippen LogP contribution in [0.2, 0.25) is 5.02 Å². The lowest BCUT2D eigenvalue weighted by Crippen LogP contribution is -2.59. The van der Waals surface area contributed by atoms with Gasteiger partial charge in [0, 0.05) is 26.2 Å². The molecule has 0 atom stereocenters. The van der Waals surface area contributed by atoms with Crippen LogP contribution in [-0.4, -0.2) is 52.4 Å². The van der Waals surface area contributed by atoms with Gasteiger partial charge in [0.2, 0.25) is 0 Å². The molecule has 0 saturated carbocycles. The number of carbonyl (C=O) groups excluding carboxylic acids is 1. The SMILES string of the molecule is CC(C)(C(N)=S)N1CCN(C(=O)c2sccc2Cl)CC1. The van der Waals surface area contributed by atoms with Crippen molar-refractivity contribution in [1.82, 2.24) is 9.80 Å². The van der Waals surface area contributed by atoms with Gasteiger partial charge in [0.25, 0.3) is 5.91 Å². The molecule has 0 aromatic carbocycles. The van der Waals surface area contributed by atoms with Gasteiger partial charge in [-0.1, -0.05) is 23.8 Å². The van der Waals surface area contributed by atoms with Crippen molar-refractivity contribution in [2.45, 2.75) is 19.4 Å². The molecular weight excluding hydrogens is 314 g/mol. The first-order valence-corrected chi connectivity index (χ1v) is 8.08. The average Bonchev–Trinajstić information content (AvgIpc) is 2.84. The molecule has 1 amide bonds. The topological polar surface area (TPSA) is 49.6 Å². The van der Waals surface area contributed by atoms with E-state index in [9.17, 15) is 4.79 Å². The van der Waals surface area contributed by atoms with Gasteiger partial charge >= 0.3 is 0 Å². The van der Waals surface area contributed by atoms with E-state index in [4.69, 9.17) is 29.6 Å². The maximum Gasteiger partial charge on any atom is 0.265 e. The molecule has 1 fully saturated rings. The quantitative estimate of drug-likeness (QED) is 0.863. The Morgan fingerprint density at radius 1 is 1.40 bits per heavy atom. The summed E-state index contributed by atoms with van der Waals surface area (Å²) in [6, 6.07) is 1.76. The summed E-state index contributed by atoms with van der Waals surface area (Å²) in [7, 11) is 0. The molecule has 0 aliphatic carbocycles. The fraction of sp³-hybridized carbons (Fsp3) is 0.538. The second-order valence-electron chi connectivity index (χ2n) is 5.30. The lowest BCUT2D eigenvalue weighted by Gasteiger charge is -2.43. The standard InChI is InChI=1S/C13H18ClN3OS2/c1-13(2,12(15)19)17-6-4-16(5-7-17)11(18)10-9(14)3-8-20-10/h3,8H,4-7H2,1-2H3,(H2,15,19). The highest BCUT2D eigenvalue weighted by Gasteiger charge is 2.33. The van der Waals surface area contributed by atoms with E-state index in [0.29, 0.717) is 28.0 Å². The van der Waals surface area contributed by atoms with Gasteiger partial charge in [0.05, 0.1) is 15.6 Å². The van der Waals surface area contributed by atoms with Crippen molar-refractivity contribution in [3.05, 3.63) is 21.3 Å². The minimum absolute atomic E-state index is 0.0118. The van der Waals surface area contributed by atoms with Gasteiger partial charge in [0.15, 0.2) is 0 Å². The summed E-state index contributed by atoms with van der Waals surface area (Å²) in [5.74, 6) is 0.0118. The van der Waals surface area contributed by atoms with Gasteiger partial charge in [-0.3, -0.25) is 9.69 Å². The van der Waals surface area contributed by atoms with E-state index in [2.05, 4.69) is 4.90 Å². The van der Waals surface area contributed by atoms with Crippen molar-refractivity contribution in [1.29, 1.82) is 0 Å². The highest BCUT2D eigenvalue weighted by atomic mass is 35.5. The molecule has 1 aromatic heterocycles. The molecule has 0 radical (unpaired) electrons. The molecule has 1 saturated heterocycles. The lowest BCUT2D eigenvalue weighted by molar-refractivity contribution is 0.0544. The molecule has 2 rings (SSSR count). The minimum atomic E-state index is -0.314. The molecule has 1 aliphatic rings. The third-order valence-corrected chi connectivity index (χ3v) is 5.60. The van der Waals surface area contributed by atoms with E-state index >= 15 is 0 Å². The van der Waals surface area contributed by atoms with Crippen LogP contribution in [0.1, 0.15) is 23.5 Å². The molecule has 2 heterocycles. The third kappa shape index (κ3) is 2.98. The molecular formula is C13H18ClN3OS2. The first-order chi connectivity index (χ1) is 9.34. The molecule has 0 unspecified atom stereocenters. The van der Waals surface area contributed by atoms with Gasteiger partial charge < -0.3 is 10.6 Å². The number of halogens is 1. The highest BCUT2D eigenvalue weighted by molar-refractivity contribution is 7.80. The summed E-state index contributed by atoms with van der Waals surface area (Å²) >= 11 is 12.5. The van der Waals surface area contributed by atoms with Crippen LogP contribution < -0.4 is 5.73 Å². The number of nitrogens with zero attached hydrogens (tertiary/aromatic N) is 2. The third-order valence-electron chi connectivity index (χ3n) is 3.77. The Morgan fingerprint density at radius 3 is 2.45 bits per heavy atom. The van der Waals surface area contributed by atoms with E-state index in [1.807, 2.05) is 24.1 Å². The van der Waals surface area contributed by atoms with Crippen molar-refractivity contribution in [3.63, 3.8) is 0 Å². The van der Waals surface area contributed by atoms with Gasteiger partial charge in [-0.2, -0.15) is 0 Å². The maximum absolute atomic E-state index is 12.4. The molecule has 20 heavy (non-hydrogen) atoms. The first kappa shape index (κ1) is 15.7. The fourth-order valence-corrected chi connectivity index (χ4v) is 3.45. The van der Waals surface area contributed by atoms with E-state index in [-0.39, 0.29) is 11.4 Å². The van der Waals surface area contributed by atoms with Crippen molar-refractivity contribution in [3.8, 4) is 0 Å². The molecule has 4 nitrogen and oxygen atoms in total. The Hall–Kier alpha value is -0.690. The van der Waals surface area contributed by atoms with Gasteiger partial charge in [0.1, 0.15) is 4.88 Å². The predicted octanol–water partition coefficient (Wildman–Crippen LogP) is 2.22. The zero-order valence-electron chi connectivity index (χ0n) is 11.6. The van der Waals surface area contributed by atoms with Crippen molar-refractivity contribution in [2.24, 2.45) is 5.73 Å². The number of carbonyl (C=O) groups is 1. The molecule has 1 aliphatic heterocycles. The average molecular weight is 332 g/mol. The summed E-state index contributed by atoms with van der Waals surface area (Å²) in [6.45, 7) is 6.89. The number of hydrogen-bond donors (Lipinski definition) is 1. The maximum atomic E-state index is 12.4. The Bertz CT molecular complexity index is 521. The normalized spacial score (nSPS) is 17.2. The highest BCUT2D eigenvalue weighted by Crippen LogP contribution is 2.25. The summed E-state index contributed by atoms with van der Waals surface area (Å²) in [4.78, 5) is 17.5. The monoisotopic (exact) mass is 331 g/mol. The van der Waals surface area contributed by atoms with Crippen LogP contribution >= 0.6 is 35.2 Å². The van der Waals surface area contributed by atoms with Gasteiger partial charge in [-0.05, 0) is 25.3 Å². The first-order valence-electron chi connectivity index (χ1n) is 6.41. The van der Waals surface area contributed by atoms with Crippen LogP contribution in [0.15, 0.2) is 11.4 Å². The summed E-state index contributed by atoms with van der Waals surface area (Å²) < 4.78 is 0. The molecule has 0 spiro atoms. The number of thiocarbonyl (C=S) groups is 1. The Balaban J connectivity index is 2.00. The van der Waals surface area contributed by atoms with Crippen molar-refractivity contribution >= 4 is 46.1 Å². The molecule has 1 aromatic rings. The second-order valence-corrected chi connectivity index (χ2v) is 7.06. The second kappa shape index (κ2) is 5.97. The number of amides is 1. The fourth-order valence-electron chi connectivity index (χ4n) is 2.21. The number of hydrogen-bond acceptors (Lipinski definition) is 4. The summed E-state index contributed by atoms with van der Waals surface area (Å²) in [6.07, 6.45) is 0. The van der Waals surface area contributed by atoms with E-state index in [0.717, 1.165) is 13.1 Å².